The van der Waals surface area contributed by atoms with Crippen molar-refractivity contribution >= 4 is 28.4 Å². The number of hydrogen-bond acceptors (Lipinski definition) is 1. The number of hydrogen-bond donors (Lipinski definition) is 2. The summed E-state index contributed by atoms with van der Waals surface area (Å²) in [6.07, 6.45) is 4.65. The van der Waals surface area contributed by atoms with Crippen LogP contribution in [-0.4, -0.2) is 10.9 Å². The first kappa shape index (κ1) is 15.3. The van der Waals surface area contributed by atoms with Gasteiger partial charge in [0.25, 0.3) is 0 Å². The van der Waals surface area contributed by atoms with Crippen LogP contribution in [-0.2, 0) is 11.2 Å². The summed E-state index contributed by atoms with van der Waals surface area (Å²) >= 11 is 5.98. The molecule has 0 bridgehead atoms. The summed E-state index contributed by atoms with van der Waals surface area (Å²) in [5.74, 6) is 0.602. The molecular formula is C20H19ClN2O. The van der Waals surface area contributed by atoms with Crippen LogP contribution < -0.4 is 5.32 Å². The van der Waals surface area contributed by atoms with Gasteiger partial charge >= 0.3 is 0 Å². The zero-order chi connectivity index (χ0) is 16.5. The lowest BCUT2D eigenvalue weighted by molar-refractivity contribution is -0.121. The lowest BCUT2D eigenvalue weighted by atomic mass is 10.0. The molecule has 3 nitrogen and oxygen atoms in total. The van der Waals surface area contributed by atoms with Crippen molar-refractivity contribution in [3.63, 3.8) is 0 Å². The Morgan fingerprint density at radius 3 is 2.67 bits per heavy atom. The number of H-pyrrole nitrogens is 1. The summed E-state index contributed by atoms with van der Waals surface area (Å²) < 4.78 is 0. The number of para-hydroxylation sites is 1. The van der Waals surface area contributed by atoms with E-state index in [0.29, 0.717) is 12.3 Å². The number of halogens is 1. The maximum absolute atomic E-state index is 12.6. The fourth-order valence-electron chi connectivity index (χ4n) is 3.25. The van der Waals surface area contributed by atoms with Crippen LogP contribution in [0.15, 0.2) is 54.7 Å². The summed E-state index contributed by atoms with van der Waals surface area (Å²) in [5, 5.41) is 5.06. The number of rotatable bonds is 5. The van der Waals surface area contributed by atoms with E-state index in [0.717, 1.165) is 27.1 Å². The van der Waals surface area contributed by atoms with Gasteiger partial charge in [-0.15, -0.1) is 0 Å². The van der Waals surface area contributed by atoms with Crippen molar-refractivity contribution in [3.05, 3.63) is 70.9 Å². The van der Waals surface area contributed by atoms with Crippen molar-refractivity contribution < 1.29 is 4.79 Å². The number of amides is 1. The molecule has 0 radical (unpaired) electrons. The van der Waals surface area contributed by atoms with Crippen LogP contribution in [0.25, 0.3) is 10.9 Å². The van der Waals surface area contributed by atoms with Gasteiger partial charge in [-0.1, -0.05) is 41.9 Å². The van der Waals surface area contributed by atoms with Gasteiger partial charge in [-0.2, -0.15) is 0 Å². The van der Waals surface area contributed by atoms with Crippen molar-refractivity contribution in [3.8, 4) is 0 Å². The lowest BCUT2D eigenvalue weighted by Gasteiger charge is -2.19. The van der Waals surface area contributed by atoms with Gasteiger partial charge in [0, 0.05) is 22.1 Å². The minimum atomic E-state index is 0.0617. The number of fused-ring (bicyclic) bond motifs is 1. The Morgan fingerprint density at radius 1 is 1.17 bits per heavy atom. The maximum atomic E-state index is 12.6. The van der Waals surface area contributed by atoms with E-state index >= 15 is 0 Å². The van der Waals surface area contributed by atoms with Crippen molar-refractivity contribution in [1.29, 1.82) is 0 Å². The zero-order valence-corrected chi connectivity index (χ0v) is 14.0. The molecule has 24 heavy (non-hydrogen) atoms. The van der Waals surface area contributed by atoms with E-state index in [1.807, 2.05) is 54.7 Å². The fraction of sp³-hybridized carbons (Fsp3) is 0.250. The third-order valence-corrected chi connectivity index (χ3v) is 4.92. The van der Waals surface area contributed by atoms with Crippen molar-refractivity contribution in [2.24, 2.45) is 5.92 Å². The van der Waals surface area contributed by atoms with Gasteiger partial charge in [-0.3, -0.25) is 4.79 Å². The Morgan fingerprint density at radius 2 is 1.92 bits per heavy atom. The van der Waals surface area contributed by atoms with Crippen LogP contribution in [0.1, 0.15) is 30.0 Å². The van der Waals surface area contributed by atoms with E-state index < -0.39 is 0 Å². The lowest BCUT2D eigenvalue weighted by Crippen LogP contribution is -2.31. The molecule has 1 aliphatic rings. The van der Waals surface area contributed by atoms with Crippen LogP contribution in [0.3, 0.4) is 0 Å². The average Bonchev–Trinajstić information content (AvgIpc) is 3.36. The first-order valence-electron chi connectivity index (χ1n) is 8.30. The zero-order valence-electron chi connectivity index (χ0n) is 13.3. The molecule has 2 aromatic carbocycles. The summed E-state index contributed by atoms with van der Waals surface area (Å²) in [4.78, 5) is 15.8. The van der Waals surface area contributed by atoms with Crippen LogP contribution in [0.5, 0.6) is 0 Å². The normalized spacial score (nSPS) is 15.4. The molecule has 0 spiro atoms. The van der Waals surface area contributed by atoms with Crippen LogP contribution in [0.2, 0.25) is 5.02 Å². The average molecular weight is 339 g/mol. The number of aromatic nitrogens is 1. The Balaban J connectivity index is 1.50. The molecule has 0 aliphatic heterocycles. The molecule has 2 N–H and O–H groups in total. The molecule has 1 heterocycles. The third-order valence-electron chi connectivity index (χ3n) is 4.66. The Bertz CT molecular complexity index is 865. The quantitative estimate of drug-likeness (QED) is 0.700. The smallest absolute Gasteiger partial charge is 0.224 e. The summed E-state index contributed by atoms with van der Waals surface area (Å²) in [7, 11) is 0. The Hall–Kier alpha value is -2.26. The number of aromatic amines is 1. The molecule has 1 aromatic heterocycles. The van der Waals surface area contributed by atoms with Crippen molar-refractivity contribution in [2.75, 3.05) is 0 Å². The van der Waals surface area contributed by atoms with Gasteiger partial charge in [-0.25, -0.2) is 0 Å². The predicted octanol–water partition coefficient (Wildman–Crippen LogP) is 4.63. The van der Waals surface area contributed by atoms with E-state index in [9.17, 15) is 4.79 Å². The molecule has 4 rings (SSSR count). The molecule has 1 amide bonds. The Labute approximate surface area is 146 Å². The number of nitrogens with one attached hydrogen (secondary N) is 2. The van der Waals surface area contributed by atoms with Gasteiger partial charge in [0.15, 0.2) is 0 Å². The van der Waals surface area contributed by atoms with Crippen LogP contribution in [0.4, 0.5) is 0 Å². The number of carbonyl (C=O) groups is 1. The molecule has 122 valence electrons. The van der Waals surface area contributed by atoms with Gasteiger partial charge in [-0.05, 0) is 48.1 Å². The van der Waals surface area contributed by atoms with Crippen LogP contribution in [0, 0.1) is 5.92 Å². The standard InChI is InChI=1S/C20H19ClN2O/c21-16-9-7-14(8-10-16)20(13-5-6-13)23-19(24)11-15-12-22-18-4-2-1-3-17(15)18/h1-4,7-10,12-13,20,22H,5-6,11H2,(H,23,24). The van der Waals surface area contributed by atoms with E-state index in [2.05, 4.69) is 10.3 Å². The first-order valence-corrected chi connectivity index (χ1v) is 8.68. The highest BCUT2D eigenvalue weighted by Gasteiger charge is 2.33. The molecule has 3 aromatic rings. The monoisotopic (exact) mass is 338 g/mol. The van der Waals surface area contributed by atoms with E-state index in [-0.39, 0.29) is 11.9 Å². The van der Waals surface area contributed by atoms with Crippen molar-refractivity contribution in [2.45, 2.75) is 25.3 Å². The molecule has 4 heteroatoms. The van der Waals surface area contributed by atoms with E-state index in [1.54, 1.807) is 0 Å². The summed E-state index contributed by atoms with van der Waals surface area (Å²) in [6, 6.07) is 15.9. The minimum Gasteiger partial charge on any atom is -0.361 e. The van der Waals surface area contributed by atoms with Gasteiger partial charge in [0.2, 0.25) is 5.91 Å². The van der Waals surface area contributed by atoms with E-state index in [1.165, 1.54) is 12.8 Å². The summed E-state index contributed by atoms with van der Waals surface area (Å²) in [5.41, 5.74) is 3.24. The fourth-order valence-corrected chi connectivity index (χ4v) is 3.37. The molecular weight excluding hydrogens is 320 g/mol. The molecule has 0 saturated heterocycles. The molecule has 1 saturated carbocycles. The largest absolute Gasteiger partial charge is 0.361 e. The van der Waals surface area contributed by atoms with Gasteiger partial charge in [0.05, 0.1) is 12.5 Å². The summed E-state index contributed by atoms with van der Waals surface area (Å²) in [6.45, 7) is 0. The number of benzene rings is 2. The van der Waals surface area contributed by atoms with Gasteiger partial charge in [0.1, 0.15) is 0 Å². The molecule has 1 unspecified atom stereocenters. The highest BCUT2D eigenvalue weighted by Crippen LogP contribution is 2.41. The van der Waals surface area contributed by atoms with E-state index in [4.69, 9.17) is 11.6 Å². The molecule has 1 aliphatic carbocycles. The molecule has 1 atom stereocenters. The third kappa shape index (κ3) is 3.17. The van der Waals surface area contributed by atoms with Crippen LogP contribution >= 0.6 is 11.6 Å². The molecule has 1 fully saturated rings. The second kappa shape index (κ2) is 6.33. The number of carbonyl (C=O) groups excluding carboxylic acids is 1. The van der Waals surface area contributed by atoms with Crippen molar-refractivity contribution in [1.82, 2.24) is 10.3 Å². The first-order chi connectivity index (χ1) is 11.7. The van der Waals surface area contributed by atoms with Gasteiger partial charge < -0.3 is 10.3 Å². The predicted molar refractivity (Wildman–Crippen MR) is 97.1 cm³/mol. The highest BCUT2D eigenvalue weighted by molar-refractivity contribution is 6.30. The SMILES string of the molecule is O=C(Cc1c[nH]c2ccccc12)NC(c1ccc(Cl)cc1)C1CC1. The maximum Gasteiger partial charge on any atom is 0.224 e. The highest BCUT2D eigenvalue weighted by atomic mass is 35.5. The second-order valence-corrected chi connectivity index (χ2v) is 6.91. The topological polar surface area (TPSA) is 44.9 Å². The minimum absolute atomic E-state index is 0.0617. The second-order valence-electron chi connectivity index (χ2n) is 6.47. The Kier molecular flexibility index (Phi) is 4.03.